The Morgan fingerprint density at radius 3 is 2.89 bits per heavy atom. The van der Waals surface area contributed by atoms with Gasteiger partial charge in [0, 0.05) is 5.75 Å². The molecule has 1 aliphatic carbocycles. The van der Waals surface area contributed by atoms with Crippen molar-refractivity contribution in [2.75, 3.05) is 18.1 Å². The fourth-order valence-electron chi connectivity index (χ4n) is 2.25. The summed E-state index contributed by atoms with van der Waals surface area (Å²) in [6.07, 6.45) is 4.81. The fourth-order valence-corrected chi connectivity index (χ4v) is 4.06. The number of nitrogens with zero attached hydrogens (tertiary/aromatic N) is 2. The minimum atomic E-state index is -0.611. The molecule has 0 atom stereocenters. The van der Waals surface area contributed by atoms with Crippen LogP contribution in [-0.4, -0.2) is 33.9 Å². The van der Waals surface area contributed by atoms with Gasteiger partial charge in [-0.3, -0.25) is 9.79 Å². The van der Waals surface area contributed by atoms with Gasteiger partial charge in [0.05, 0.1) is 18.4 Å². The number of nitrogens with one attached hydrogen (secondary N) is 1. The molecule has 2 aliphatic rings. The van der Waals surface area contributed by atoms with Crippen molar-refractivity contribution >= 4 is 33.8 Å². The highest BCUT2D eigenvalue weighted by molar-refractivity contribution is 8.39. The van der Waals surface area contributed by atoms with Crippen LogP contribution in [0, 0.1) is 11.3 Å². The van der Waals surface area contributed by atoms with E-state index in [0.29, 0.717) is 5.75 Å². The average molecular weight is 283 g/mol. The minimum Gasteiger partial charge on any atom is -0.337 e. The van der Waals surface area contributed by atoms with E-state index >= 15 is 0 Å². The number of carbonyl (C=O) groups is 1. The lowest BCUT2D eigenvalue weighted by Crippen LogP contribution is -2.49. The summed E-state index contributed by atoms with van der Waals surface area (Å²) in [6.45, 7) is 0.858. The fraction of sp³-hybridized carbons (Fsp3) is 0.750. The number of amides is 1. The number of rotatable bonds is 3. The highest BCUT2D eigenvalue weighted by atomic mass is 32.2. The molecule has 0 aromatic rings. The Morgan fingerprint density at radius 1 is 1.50 bits per heavy atom. The molecule has 0 bridgehead atoms. The minimum absolute atomic E-state index is 0.0429. The van der Waals surface area contributed by atoms with Crippen molar-refractivity contribution in [3.63, 3.8) is 0 Å². The summed E-state index contributed by atoms with van der Waals surface area (Å²) >= 11 is 3.18. The SMILES string of the molecule is N#CC1(NC(=O)CSC2=NCCS2)CCCCC1. The topological polar surface area (TPSA) is 65.2 Å². The zero-order valence-corrected chi connectivity index (χ0v) is 11.9. The second kappa shape index (κ2) is 6.48. The van der Waals surface area contributed by atoms with Crippen LogP contribution in [0.1, 0.15) is 32.1 Å². The summed E-state index contributed by atoms with van der Waals surface area (Å²) in [5.41, 5.74) is -0.611. The van der Waals surface area contributed by atoms with E-state index in [4.69, 9.17) is 0 Å². The third kappa shape index (κ3) is 3.66. The third-order valence-corrected chi connectivity index (χ3v) is 5.44. The number of carbonyl (C=O) groups excluding carboxylic acids is 1. The summed E-state index contributed by atoms with van der Waals surface area (Å²) in [7, 11) is 0. The van der Waals surface area contributed by atoms with Gasteiger partial charge >= 0.3 is 0 Å². The standard InChI is InChI=1S/C12H17N3OS2/c13-9-12(4-2-1-3-5-12)15-10(16)8-18-11-14-6-7-17-11/h1-8H2,(H,15,16). The van der Waals surface area contributed by atoms with E-state index < -0.39 is 5.54 Å². The Morgan fingerprint density at radius 2 is 2.28 bits per heavy atom. The Balaban J connectivity index is 1.80. The van der Waals surface area contributed by atoms with Gasteiger partial charge in [-0.05, 0) is 12.8 Å². The van der Waals surface area contributed by atoms with Crippen LogP contribution in [0.5, 0.6) is 0 Å². The van der Waals surface area contributed by atoms with Crippen LogP contribution in [0.3, 0.4) is 0 Å². The first-order valence-electron chi connectivity index (χ1n) is 6.26. The molecule has 0 saturated heterocycles. The Hall–Kier alpha value is -0.670. The lowest BCUT2D eigenvalue weighted by atomic mass is 9.83. The highest BCUT2D eigenvalue weighted by Gasteiger charge is 2.33. The van der Waals surface area contributed by atoms with Gasteiger partial charge in [0.2, 0.25) is 5.91 Å². The van der Waals surface area contributed by atoms with Crippen molar-refractivity contribution in [1.29, 1.82) is 5.26 Å². The molecule has 0 unspecified atom stereocenters. The van der Waals surface area contributed by atoms with Crippen molar-refractivity contribution in [1.82, 2.24) is 5.32 Å². The van der Waals surface area contributed by atoms with E-state index in [-0.39, 0.29) is 5.91 Å². The Labute approximate surface area is 116 Å². The third-order valence-electron chi connectivity index (χ3n) is 3.18. The molecule has 1 aliphatic heterocycles. The molecule has 0 aromatic heterocycles. The summed E-state index contributed by atoms with van der Waals surface area (Å²) in [6, 6.07) is 2.30. The quantitative estimate of drug-likeness (QED) is 0.862. The highest BCUT2D eigenvalue weighted by Crippen LogP contribution is 2.28. The van der Waals surface area contributed by atoms with Crippen molar-refractivity contribution < 1.29 is 4.79 Å². The zero-order valence-electron chi connectivity index (χ0n) is 10.3. The van der Waals surface area contributed by atoms with Crippen LogP contribution in [0.4, 0.5) is 0 Å². The molecule has 1 saturated carbocycles. The van der Waals surface area contributed by atoms with E-state index in [2.05, 4.69) is 16.4 Å². The molecule has 0 radical (unpaired) electrons. The van der Waals surface area contributed by atoms with Crippen molar-refractivity contribution in [2.45, 2.75) is 37.6 Å². The van der Waals surface area contributed by atoms with Crippen molar-refractivity contribution in [2.24, 2.45) is 4.99 Å². The van der Waals surface area contributed by atoms with Crippen LogP contribution in [0.15, 0.2) is 4.99 Å². The molecule has 18 heavy (non-hydrogen) atoms. The monoisotopic (exact) mass is 283 g/mol. The maximum atomic E-state index is 11.9. The number of hydrogen-bond donors (Lipinski definition) is 1. The van der Waals surface area contributed by atoms with Gasteiger partial charge in [-0.1, -0.05) is 42.8 Å². The van der Waals surface area contributed by atoms with Gasteiger partial charge in [-0.15, -0.1) is 0 Å². The van der Waals surface area contributed by atoms with Crippen LogP contribution in [0.25, 0.3) is 0 Å². The molecule has 2 rings (SSSR count). The van der Waals surface area contributed by atoms with Crippen molar-refractivity contribution in [3.05, 3.63) is 0 Å². The molecular formula is C12H17N3OS2. The molecular weight excluding hydrogens is 266 g/mol. The zero-order chi connectivity index (χ0) is 12.8. The molecule has 1 fully saturated rings. The largest absolute Gasteiger partial charge is 0.337 e. The molecule has 0 spiro atoms. The smallest absolute Gasteiger partial charge is 0.231 e. The summed E-state index contributed by atoms with van der Waals surface area (Å²) in [5, 5.41) is 12.2. The number of hydrogen-bond acceptors (Lipinski definition) is 5. The second-order valence-corrected chi connectivity index (χ2v) is 6.89. The first kappa shape index (κ1) is 13.8. The van der Waals surface area contributed by atoms with Crippen LogP contribution in [-0.2, 0) is 4.79 Å². The van der Waals surface area contributed by atoms with Gasteiger partial charge < -0.3 is 5.32 Å². The normalized spacial score (nSPS) is 22.1. The summed E-state index contributed by atoms with van der Waals surface area (Å²) < 4.78 is 1.000. The maximum absolute atomic E-state index is 11.9. The maximum Gasteiger partial charge on any atom is 0.231 e. The van der Waals surface area contributed by atoms with E-state index in [0.717, 1.165) is 42.4 Å². The van der Waals surface area contributed by atoms with E-state index in [1.165, 1.54) is 18.2 Å². The van der Waals surface area contributed by atoms with E-state index in [9.17, 15) is 10.1 Å². The molecule has 98 valence electrons. The molecule has 1 amide bonds. The van der Waals surface area contributed by atoms with Gasteiger partial charge in [-0.25, -0.2) is 0 Å². The number of nitriles is 1. The second-order valence-electron chi connectivity index (χ2n) is 4.59. The van der Waals surface area contributed by atoms with Crippen LogP contribution < -0.4 is 5.32 Å². The van der Waals surface area contributed by atoms with Gasteiger partial charge in [0.1, 0.15) is 9.91 Å². The van der Waals surface area contributed by atoms with Crippen molar-refractivity contribution in [3.8, 4) is 6.07 Å². The van der Waals surface area contributed by atoms with Gasteiger partial charge in [0.15, 0.2) is 0 Å². The summed E-state index contributed by atoms with van der Waals surface area (Å²) in [4.78, 5) is 16.2. The first-order chi connectivity index (χ1) is 8.74. The lowest BCUT2D eigenvalue weighted by molar-refractivity contribution is -0.120. The molecule has 1 heterocycles. The van der Waals surface area contributed by atoms with Gasteiger partial charge in [-0.2, -0.15) is 5.26 Å². The molecule has 0 aromatic carbocycles. The first-order valence-corrected chi connectivity index (χ1v) is 8.24. The predicted molar refractivity (Wildman–Crippen MR) is 76.8 cm³/mol. The average Bonchev–Trinajstić information content (AvgIpc) is 2.91. The molecule has 4 nitrogen and oxygen atoms in total. The molecule has 6 heteroatoms. The Bertz CT molecular complexity index is 383. The summed E-state index contributed by atoms with van der Waals surface area (Å²) in [5.74, 6) is 1.35. The molecule has 1 N–H and O–H groups in total. The van der Waals surface area contributed by atoms with E-state index in [1.807, 2.05) is 0 Å². The predicted octanol–water partition coefficient (Wildman–Crippen LogP) is 2.17. The van der Waals surface area contributed by atoms with Crippen LogP contribution >= 0.6 is 23.5 Å². The van der Waals surface area contributed by atoms with Gasteiger partial charge in [0.25, 0.3) is 0 Å². The van der Waals surface area contributed by atoms with Crippen LogP contribution in [0.2, 0.25) is 0 Å². The lowest BCUT2D eigenvalue weighted by Gasteiger charge is -2.31. The number of thioether (sulfide) groups is 2. The number of aliphatic imine (C=N–C) groups is 1. The van der Waals surface area contributed by atoms with E-state index in [1.54, 1.807) is 11.8 Å². The Kier molecular flexibility index (Phi) is 4.95.